The molecule has 0 spiro atoms. The van der Waals surface area contributed by atoms with Crippen LogP contribution in [-0.2, 0) is 6.54 Å². The maximum Gasteiger partial charge on any atom is 0.330 e. The molecule has 3 N–H and O–H groups in total. The van der Waals surface area contributed by atoms with E-state index in [0.717, 1.165) is 4.88 Å². The fourth-order valence-corrected chi connectivity index (χ4v) is 1.76. The van der Waals surface area contributed by atoms with Gasteiger partial charge in [0, 0.05) is 17.1 Å². The van der Waals surface area contributed by atoms with Gasteiger partial charge < -0.3 is 5.73 Å². The van der Waals surface area contributed by atoms with Crippen molar-refractivity contribution < 1.29 is 0 Å². The molecule has 0 aliphatic carbocycles. The Bertz CT molecular complexity index is 569. The van der Waals surface area contributed by atoms with Crippen LogP contribution in [0.3, 0.4) is 0 Å². The Hall–Kier alpha value is -1.89. The molecule has 7 heteroatoms. The summed E-state index contributed by atoms with van der Waals surface area (Å²) in [5, 5.41) is 0. The van der Waals surface area contributed by atoms with E-state index in [1.807, 2.05) is 0 Å². The van der Waals surface area contributed by atoms with Gasteiger partial charge in [0.15, 0.2) is 0 Å². The van der Waals surface area contributed by atoms with E-state index in [1.165, 1.54) is 22.0 Å². The van der Waals surface area contributed by atoms with Gasteiger partial charge in [-0.2, -0.15) is 0 Å². The Kier molecular flexibility index (Phi) is 2.38. The van der Waals surface area contributed by atoms with Crippen LogP contribution in [0.15, 0.2) is 27.4 Å². The first-order valence-corrected chi connectivity index (χ1v) is 5.02. The van der Waals surface area contributed by atoms with E-state index >= 15 is 0 Å². The molecule has 0 aromatic carbocycles. The second-order valence-corrected chi connectivity index (χ2v) is 3.89. The number of aromatic amines is 1. The Morgan fingerprint density at radius 2 is 2.33 bits per heavy atom. The van der Waals surface area contributed by atoms with E-state index in [2.05, 4.69) is 9.97 Å². The van der Waals surface area contributed by atoms with Crippen LogP contribution in [0.4, 0.5) is 5.82 Å². The topological polar surface area (TPSA) is 93.8 Å². The summed E-state index contributed by atoms with van der Waals surface area (Å²) in [7, 11) is 0. The lowest BCUT2D eigenvalue weighted by molar-refractivity contribution is 0.740. The third kappa shape index (κ3) is 1.96. The van der Waals surface area contributed by atoms with Crippen molar-refractivity contribution in [1.82, 2.24) is 14.5 Å². The van der Waals surface area contributed by atoms with Gasteiger partial charge in [0.05, 0.1) is 12.1 Å². The number of hydrogen-bond donors (Lipinski definition) is 2. The maximum absolute atomic E-state index is 11.4. The van der Waals surface area contributed by atoms with Gasteiger partial charge in [0.1, 0.15) is 5.82 Å². The van der Waals surface area contributed by atoms with E-state index in [4.69, 9.17) is 5.73 Å². The fourth-order valence-electron chi connectivity index (χ4n) is 1.18. The lowest BCUT2D eigenvalue weighted by Crippen LogP contribution is -2.31. The molecule has 0 fully saturated rings. The van der Waals surface area contributed by atoms with Crippen LogP contribution in [0.1, 0.15) is 4.88 Å². The molecule has 78 valence electrons. The number of rotatable bonds is 2. The molecule has 2 heterocycles. The maximum atomic E-state index is 11.4. The summed E-state index contributed by atoms with van der Waals surface area (Å²) in [6.45, 7) is 0.326. The molecule has 0 radical (unpaired) electrons. The third-order valence-electron chi connectivity index (χ3n) is 1.86. The molecule has 2 aromatic rings. The van der Waals surface area contributed by atoms with Gasteiger partial charge in [-0.3, -0.25) is 19.3 Å². The van der Waals surface area contributed by atoms with Gasteiger partial charge in [-0.05, 0) is 0 Å². The van der Waals surface area contributed by atoms with Crippen LogP contribution < -0.4 is 17.0 Å². The number of nitrogen functional groups attached to an aromatic ring is 1. The smallest absolute Gasteiger partial charge is 0.330 e. The van der Waals surface area contributed by atoms with E-state index in [0.29, 0.717) is 6.54 Å². The highest BCUT2D eigenvalue weighted by Gasteiger charge is 2.04. The standard InChI is InChI=1S/C8H8N4O2S/c9-6-1-7(13)11-8(14)12(6)3-5-2-10-4-15-5/h1-2,4H,3,9H2,(H,11,13,14). The van der Waals surface area contributed by atoms with Crippen LogP contribution in [0, 0.1) is 0 Å². The highest BCUT2D eigenvalue weighted by Crippen LogP contribution is 2.07. The van der Waals surface area contributed by atoms with Crippen LogP contribution in [0.25, 0.3) is 0 Å². The zero-order valence-electron chi connectivity index (χ0n) is 7.64. The first kappa shape index (κ1) is 9.66. The molecular weight excluding hydrogens is 216 g/mol. The molecule has 2 aromatic heterocycles. The van der Waals surface area contributed by atoms with Gasteiger partial charge in [-0.15, -0.1) is 11.3 Å². The zero-order chi connectivity index (χ0) is 10.8. The fraction of sp³-hybridized carbons (Fsp3) is 0.125. The first-order valence-electron chi connectivity index (χ1n) is 4.14. The molecule has 2 rings (SSSR count). The Labute approximate surface area is 88.0 Å². The highest BCUT2D eigenvalue weighted by molar-refractivity contribution is 7.09. The van der Waals surface area contributed by atoms with Crippen molar-refractivity contribution in [3.8, 4) is 0 Å². The Balaban J connectivity index is 2.45. The second-order valence-electron chi connectivity index (χ2n) is 2.92. The third-order valence-corrected chi connectivity index (χ3v) is 2.63. The summed E-state index contributed by atoms with van der Waals surface area (Å²) < 4.78 is 1.29. The number of nitrogens with zero attached hydrogens (tertiary/aromatic N) is 2. The van der Waals surface area contributed by atoms with Gasteiger partial charge in [0.2, 0.25) is 0 Å². The van der Waals surface area contributed by atoms with Crippen molar-refractivity contribution in [2.75, 3.05) is 5.73 Å². The lowest BCUT2D eigenvalue weighted by Gasteiger charge is -2.05. The Morgan fingerprint density at radius 1 is 1.53 bits per heavy atom. The molecule has 0 amide bonds. The molecule has 0 aliphatic rings. The van der Waals surface area contributed by atoms with Crippen molar-refractivity contribution >= 4 is 17.2 Å². The normalized spacial score (nSPS) is 10.4. The monoisotopic (exact) mass is 224 g/mol. The summed E-state index contributed by atoms with van der Waals surface area (Å²) in [5.74, 6) is 0.150. The summed E-state index contributed by atoms with van der Waals surface area (Å²) in [5.41, 5.74) is 6.24. The van der Waals surface area contributed by atoms with Crippen LogP contribution in [-0.4, -0.2) is 14.5 Å². The quantitative estimate of drug-likeness (QED) is 0.727. The summed E-state index contributed by atoms with van der Waals surface area (Å²) >= 11 is 1.42. The van der Waals surface area contributed by atoms with Crippen LogP contribution in [0.2, 0.25) is 0 Å². The van der Waals surface area contributed by atoms with E-state index in [-0.39, 0.29) is 5.82 Å². The molecule has 0 saturated heterocycles. The van der Waals surface area contributed by atoms with Crippen molar-refractivity contribution in [2.45, 2.75) is 6.54 Å². The van der Waals surface area contributed by atoms with Gasteiger partial charge in [-0.25, -0.2) is 4.79 Å². The predicted octanol–water partition coefficient (Wildman–Crippen LogP) is -0.376. The number of hydrogen-bond acceptors (Lipinski definition) is 5. The molecular formula is C8H8N4O2S. The van der Waals surface area contributed by atoms with Crippen LogP contribution in [0.5, 0.6) is 0 Å². The summed E-state index contributed by atoms with van der Waals surface area (Å²) in [4.78, 5) is 29.2. The SMILES string of the molecule is Nc1cc(=O)[nH]c(=O)n1Cc1cncs1. The molecule has 0 bridgehead atoms. The van der Waals surface area contributed by atoms with Gasteiger partial charge in [0.25, 0.3) is 5.56 Å². The average molecular weight is 224 g/mol. The number of nitrogens with one attached hydrogen (secondary N) is 1. The van der Waals surface area contributed by atoms with E-state index in [9.17, 15) is 9.59 Å². The number of aromatic nitrogens is 3. The second kappa shape index (κ2) is 3.70. The van der Waals surface area contributed by atoms with Gasteiger partial charge >= 0.3 is 5.69 Å². The largest absolute Gasteiger partial charge is 0.385 e. The number of H-pyrrole nitrogens is 1. The number of thiazole rings is 1. The first-order chi connectivity index (χ1) is 7.16. The van der Waals surface area contributed by atoms with Crippen molar-refractivity contribution in [1.29, 1.82) is 0 Å². The minimum absolute atomic E-state index is 0.150. The minimum Gasteiger partial charge on any atom is -0.385 e. The zero-order valence-corrected chi connectivity index (χ0v) is 8.45. The van der Waals surface area contributed by atoms with Gasteiger partial charge in [-0.1, -0.05) is 0 Å². The lowest BCUT2D eigenvalue weighted by atomic mass is 10.5. The minimum atomic E-state index is -0.506. The number of nitrogens with two attached hydrogens (primary N) is 1. The molecule has 0 saturated carbocycles. The van der Waals surface area contributed by atoms with Crippen molar-refractivity contribution in [3.05, 3.63) is 43.5 Å². The molecule has 6 nitrogen and oxygen atoms in total. The molecule has 0 unspecified atom stereocenters. The molecule has 0 aliphatic heterocycles. The van der Waals surface area contributed by atoms with E-state index < -0.39 is 11.2 Å². The predicted molar refractivity (Wildman–Crippen MR) is 57.0 cm³/mol. The molecule has 15 heavy (non-hydrogen) atoms. The average Bonchev–Trinajstić information content (AvgIpc) is 2.63. The highest BCUT2D eigenvalue weighted by atomic mass is 32.1. The Morgan fingerprint density at radius 3 is 2.93 bits per heavy atom. The van der Waals surface area contributed by atoms with Crippen LogP contribution >= 0.6 is 11.3 Å². The summed E-state index contributed by atoms with van der Waals surface area (Å²) in [6.07, 6.45) is 1.65. The van der Waals surface area contributed by atoms with Crippen molar-refractivity contribution in [3.63, 3.8) is 0 Å². The van der Waals surface area contributed by atoms with Crippen molar-refractivity contribution in [2.24, 2.45) is 0 Å². The summed E-state index contributed by atoms with van der Waals surface area (Å²) in [6, 6.07) is 1.18. The van der Waals surface area contributed by atoms with E-state index in [1.54, 1.807) is 11.7 Å². The molecule has 0 atom stereocenters. The number of anilines is 1.